The molecule has 0 spiro atoms. The molecule has 0 aliphatic carbocycles. The second kappa shape index (κ2) is 15.4. The van der Waals surface area contributed by atoms with Crippen LogP contribution >= 0.6 is 0 Å². The quantitative estimate of drug-likeness (QED) is 0.108. The van der Waals surface area contributed by atoms with E-state index >= 15 is 0 Å². The van der Waals surface area contributed by atoms with Gasteiger partial charge in [0.15, 0.2) is 5.82 Å². The number of halogens is 1. The van der Waals surface area contributed by atoms with E-state index in [1.807, 2.05) is 55.7 Å². The minimum atomic E-state index is -1.99. The molecule has 1 atom stereocenters. The molecule has 38 heavy (non-hydrogen) atoms. The standard InChI is InChI=1S/C33H43FN2O2/c1-4-6-8-9-10-11-12-13-16-26-24-35-31(36-25-26)30-18-15-14-17-29(30)27-19-21-28(22-20-27)38-32(37)33(3,34)23-7-5-2/h14-15,17-22,24-25H,4-13,16,23H2,1-3H3. The Labute approximate surface area is 228 Å². The van der Waals surface area contributed by atoms with Gasteiger partial charge >= 0.3 is 5.97 Å². The van der Waals surface area contributed by atoms with Gasteiger partial charge in [0, 0.05) is 18.0 Å². The number of hydrogen-bond donors (Lipinski definition) is 0. The van der Waals surface area contributed by atoms with E-state index in [0.717, 1.165) is 29.5 Å². The summed E-state index contributed by atoms with van der Waals surface area (Å²) in [6.07, 6.45) is 16.9. The number of unbranched alkanes of at least 4 members (excludes halogenated alkanes) is 8. The summed E-state index contributed by atoms with van der Waals surface area (Å²) in [5.74, 6) is 0.164. The summed E-state index contributed by atoms with van der Waals surface area (Å²) in [4.78, 5) is 21.6. The summed E-state index contributed by atoms with van der Waals surface area (Å²) < 4.78 is 20.0. The smallest absolute Gasteiger partial charge is 0.348 e. The highest BCUT2D eigenvalue weighted by molar-refractivity contribution is 5.82. The topological polar surface area (TPSA) is 52.1 Å². The zero-order chi connectivity index (χ0) is 27.2. The molecule has 0 aliphatic rings. The van der Waals surface area contributed by atoms with E-state index in [9.17, 15) is 9.18 Å². The third-order valence-corrected chi connectivity index (χ3v) is 6.99. The van der Waals surface area contributed by atoms with Crippen LogP contribution in [-0.4, -0.2) is 21.6 Å². The Kier molecular flexibility index (Phi) is 11.9. The fourth-order valence-corrected chi connectivity index (χ4v) is 4.54. The molecule has 0 amide bonds. The molecule has 0 radical (unpaired) electrons. The fraction of sp³-hybridized carbons (Fsp3) is 0.485. The molecule has 0 bridgehead atoms. The van der Waals surface area contributed by atoms with Gasteiger partial charge in [0.25, 0.3) is 0 Å². The van der Waals surface area contributed by atoms with Gasteiger partial charge in [-0.15, -0.1) is 0 Å². The van der Waals surface area contributed by atoms with Crippen molar-refractivity contribution in [3.05, 3.63) is 66.5 Å². The summed E-state index contributed by atoms with van der Waals surface area (Å²) in [5, 5.41) is 0. The lowest BCUT2D eigenvalue weighted by Crippen LogP contribution is -2.34. The molecule has 3 rings (SSSR count). The summed E-state index contributed by atoms with van der Waals surface area (Å²) in [6.45, 7) is 5.51. The van der Waals surface area contributed by atoms with Crippen LogP contribution in [0.1, 0.15) is 97.0 Å². The lowest BCUT2D eigenvalue weighted by molar-refractivity contribution is -0.147. The number of benzene rings is 2. The van der Waals surface area contributed by atoms with Crippen LogP contribution in [-0.2, 0) is 11.2 Å². The van der Waals surface area contributed by atoms with E-state index in [4.69, 9.17) is 4.74 Å². The van der Waals surface area contributed by atoms with Crippen LogP contribution in [0.15, 0.2) is 60.9 Å². The molecule has 0 N–H and O–H groups in total. The maximum atomic E-state index is 14.6. The number of rotatable bonds is 16. The molecule has 0 aliphatic heterocycles. The van der Waals surface area contributed by atoms with Crippen molar-refractivity contribution in [2.24, 2.45) is 0 Å². The minimum absolute atomic E-state index is 0.158. The first kappa shape index (κ1) is 29.5. The number of alkyl halides is 1. The number of ether oxygens (including phenoxy) is 1. The summed E-state index contributed by atoms with van der Waals surface area (Å²) in [5.41, 5.74) is 2.05. The highest BCUT2D eigenvalue weighted by Gasteiger charge is 2.34. The van der Waals surface area contributed by atoms with E-state index in [1.54, 1.807) is 12.1 Å². The highest BCUT2D eigenvalue weighted by atomic mass is 19.1. The van der Waals surface area contributed by atoms with Crippen molar-refractivity contribution in [3.8, 4) is 28.3 Å². The first-order chi connectivity index (χ1) is 18.4. The molecule has 1 heterocycles. The van der Waals surface area contributed by atoms with E-state index in [1.165, 1.54) is 63.9 Å². The lowest BCUT2D eigenvalue weighted by Gasteiger charge is -2.18. The van der Waals surface area contributed by atoms with Gasteiger partial charge in [0.1, 0.15) is 5.75 Å². The van der Waals surface area contributed by atoms with Gasteiger partial charge in [-0.05, 0) is 61.4 Å². The molecule has 1 aromatic heterocycles. The number of esters is 1. The predicted molar refractivity (Wildman–Crippen MR) is 154 cm³/mol. The second-order valence-electron chi connectivity index (χ2n) is 10.4. The van der Waals surface area contributed by atoms with Crippen LogP contribution in [0.5, 0.6) is 5.75 Å². The van der Waals surface area contributed by atoms with E-state index in [-0.39, 0.29) is 6.42 Å². The number of hydrogen-bond acceptors (Lipinski definition) is 4. The summed E-state index contributed by atoms with van der Waals surface area (Å²) in [6, 6.07) is 15.1. The van der Waals surface area contributed by atoms with Crippen LogP contribution in [0.4, 0.5) is 4.39 Å². The third kappa shape index (κ3) is 9.04. The van der Waals surface area contributed by atoms with Crippen LogP contribution in [0.3, 0.4) is 0 Å². The van der Waals surface area contributed by atoms with Crippen LogP contribution in [0.2, 0.25) is 0 Å². The van der Waals surface area contributed by atoms with Crippen molar-refractivity contribution >= 4 is 5.97 Å². The number of carbonyl (C=O) groups excluding carboxylic acids is 1. The van der Waals surface area contributed by atoms with E-state index in [0.29, 0.717) is 18.0 Å². The van der Waals surface area contributed by atoms with Crippen LogP contribution in [0, 0.1) is 0 Å². The molecule has 1 unspecified atom stereocenters. The van der Waals surface area contributed by atoms with E-state index in [2.05, 4.69) is 16.9 Å². The maximum absolute atomic E-state index is 14.6. The van der Waals surface area contributed by atoms with Gasteiger partial charge in [-0.1, -0.05) is 102 Å². The average molecular weight is 519 g/mol. The largest absolute Gasteiger partial charge is 0.424 e. The molecule has 0 saturated carbocycles. The summed E-state index contributed by atoms with van der Waals surface area (Å²) >= 11 is 0. The minimum Gasteiger partial charge on any atom is -0.424 e. The maximum Gasteiger partial charge on any atom is 0.348 e. The zero-order valence-corrected chi connectivity index (χ0v) is 23.3. The molecular formula is C33H43FN2O2. The summed E-state index contributed by atoms with van der Waals surface area (Å²) in [7, 11) is 0. The van der Waals surface area contributed by atoms with Gasteiger partial charge in [-0.3, -0.25) is 0 Å². The molecule has 2 aromatic carbocycles. The average Bonchev–Trinajstić information content (AvgIpc) is 2.94. The van der Waals surface area contributed by atoms with Gasteiger partial charge in [-0.25, -0.2) is 19.2 Å². The molecule has 3 aromatic rings. The Morgan fingerprint density at radius 1 is 0.789 bits per heavy atom. The van der Waals surface area contributed by atoms with Crippen LogP contribution < -0.4 is 4.74 Å². The van der Waals surface area contributed by atoms with Crippen LogP contribution in [0.25, 0.3) is 22.5 Å². The van der Waals surface area contributed by atoms with Gasteiger partial charge in [-0.2, -0.15) is 0 Å². The van der Waals surface area contributed by atoms with Crippen molar-refractivity contribution in [1.29, 1.82) is 0 Å². The van der Waals surface area contributed by atoms with Crippen molar-refractivity contribution in [2.45, 2.75) is 103 Å². The van der Waals surface area contributed by atoms with Gasteiger partial charge in [0.05, 0.1) is 0 Å². The predicted octanol–water partition coefficient (Wildman–Crippen LogP) is 9.32. The van der Waals surface area contributed by atoms with Crippen molar-refractivity contribution in [2.75, 3.05) is 0 Å². The van der Waals surface area contributed by atoms with Crippen molar-refractivity contribution in [3.63, 3.8) is 0 Å². The number of nitrogens with zero attached hydrogens (tertiary/aromatic N) is 2. The third-order valence-electron chi connectivity index (χ3n) is 6.99. The normalized spacial score (nSPS) is 12.7. The molecule has 4 nitrogen and oxygen atoms in total. The highest BCUT2D eigenvalue weighted by Crippen LogP contribution is 2.31. The molecular weight excluding hydrogens is 475 g/mol. The Morgan fingerprint density at radius 3 is 2.00 bits per heavy atom. The number of aryl methyl sites for hydroxylation is 1. The van der Waals surface area contributed by atoms with Crippen molar-refractivity contribution in [1.82, 2.24) is 9.97 Å². The SMILES string of the molecule is CCCCCCCCCCc1cnc(-c2ccccc2-c2ccc(OC(=O)C(C)(F)CCCC)cc2)nc1. The molecule has 0 saturated heterocycles. The Morgan fingerprint density at radius 2 is 1.37 bits per heavy atom. The first-order valence-corrected chi connectivity index (χ1v) is 14.4. The number of carbonyl (C=O) groups is 1. The fourth-order valence-electron chi connectivity index (χ4n) is 4.54. The Balaban J connectivity index is 1.59. The Hall–Kier alpha value is -3.08. The van der Waals surface area contributed by atoms with Gasteiger partial charge in [0.2, 0.25) is 5.67 Å². The van der Waals surface area contributed by atoms with E-state index < -0.39 is 11.6 Å². The monoisotopic (exact) mass is 518 g/mol. The lowest BCUT2D eigenvalue weighted by atomic mass is 9.99. The number of aromatic nitrogens is 2. The molecule has 5 heteroatoms. The molecule has 204 valence electrons. The zero-order valence-electron chi connectivity index (χ0n) is 23.3. The molecule has 0 fully saturated rings. The Bertz CT molecular complexity index is 1110. The van der Waals surface area contributed by atoms with Crippen molar-refractivity contribution < 1.29 is 13.9 Å². The first-order valence-electron chi connectivity index (χ1n) is 14.4. The second-order valence-corrected chi connectivity index (χ2v) is 10.4. The van der Waals surface area contributed by atoms with Gasteiger partial charge < -0.3 is 4.74 Å².